The normalized spacial score (nSPS) is 23.6. The fourth-order valence-corrected chi connectivity index (χ4v) is 4.69. The van der Waals surface area contributed by atoms with Gasteiger partial charge < -0.3 is 9.64 Å². The van der Waals surface area contributed by atoms with Crippen molar-refractivity contribution in [2.75, 3.05) is 45.3 Å². The number of thioether (sulfide) groups is 1. The lowest BCUT2D eigenvalue weighted by atomic mass is 9.79. The van der Waals surface area contributed by atoms with Crippen LogP contribution in [0.25, 0.3) is 0 Å². The van der Waals surface area contributed by atoms with E-state index in [1.165, 1.54) is 6.07 Å². The van der Waals surface area contributed by atoms with Crippen molar-refractivity contribution in [3.05, 3.63) is 29.6 Å². The van der Waals surface area contributed by atoms with Crippen molar-refractivity contribution < 1.29 is 13.9 Å². The maximum absolute atomic E-state index is 14.2. The Morgan fingerprint density at radius 2 is 2.15 bits per heavy atom. The minimum Gasteiger partial charge on any atom is -0.497 e. The van der Waals surface area contributed by atoms with E-state index in [9.17, 15) is 9.18 Å². The number of hydrogen-bond donors (Lipinski definition) is 0. The highest BCUT2D eigenvalue weighted by molar-refractivity contribution is 7.98. The van der Waals surface area contributed by atoms with Crippen LogP contribution in [0.1, 0.15) is 31.2 Å². The van der Waals surface area contributed by atoms with Gasteiger partial charge in [-0.25, -0.2) is 4.39 Å². The summed E-state index contributed by atoms with van der Waals surface area (Å²) < 4.78 is 19.4. The highest BCUT2D eigenvalue weighted by Crippen LogP contribution is 2.39. The summed E-state index contributed by atoms with van der Waals surface area (Å²) in [6, 6.07) is 4.94. The quantitative estimate of drug-likeness (QED) is 0.757. The Balaban J connectivity index is 1.62. The lowest BCUT2D eigenvalue weighted by molar-refractivity contribution is -0.130. The number of nitrogens with zero attached hydrogens (tertiary/aromatic N) is 2. The molecular formula is C20H29FN2O2S. The molecule has 4 nitrogen and oxygen atoms in total. The Hall–Kier alpha value is -1.27. The Morgan fingerprint density at radius 3 is 2.92 bits per heavy atom. The number of likely N-dealkylation sites (tertiary alicyclic amines) is 2. The molecule has 2 fully saturated rings. The van der Waals surface area contributed by atoms with E-state index < -0.39 is 0 Å². The molecule has 0 N–H and O–H groups in total. The molecule has 1 unspecified atom stereocenters. The van der Waals surface area contributed by atoms with Crippen LogP contribution in [-0.2, 0) is 11.3 Å². The van der Waals surface area contributed by atoms with Gasteiger partial charge in [0.1, 0.15) is 11.6 Å². The lowest BCUT2D eigenvalue weighted by Gasteiger charge is -2.40. The molecule has 2 aliphatic rings. The van der Waals surface area contributed by atoms with Crippen LogP contribution in [0.5, 0.6) is 5.75 Å². The number of rotatable bonds is 6. The van der Waals surface area contributed by atoms with Crippen molar-refractivity contribution >= 4 is 17.7 Å². The number of carbonyl (C=O) groups excluding carboxylic acids is 1. The van der Waals surface area contributed by atoms with Crippen molar-refractivity contribution in [3.63, 3.8) is 0 Å². The Morgan fingerprint density at radius 1 is 1.31 bits per heavy atom. The SMILES string of the molecule is COc1ccc(F)c(CN2CCCC3(CCN(C(=O)CCSC)C3)C2)c1. The zero-order chi connectivity index (χ0) is 18.6. The van der Waals surface area contributed by atoms with Gasteiger partial charge in [-0.05, 0) is 50.3 Å². The molecule has 1 atom stereocenters. The maximum Gasteiger partial charge on any atom is 0.223 e. The van der Waals surface area contributed by atoms with Gasteiger partial charge in [0.05, 0.1) is 7.11 Å². The number of methoxy groups -OCH3 is 1. The molecule has 0 aromatic heterocycles. The van der Waals surface area contributed by atoms with Crippen LogP contribution in [0, 0.1) is 11.2 Å². The molecule has 1 spiro atoms. The zero-order valence-electron chi connectivity index (χ0n) is 15.8. The molecule has 3 rings (SSSR count). The molecule has 144 valence electrons. The van der Waals surface area contributed by atoms with E-state index in [1.807, 2.05) is 11.2 Å². The minimum absolute atomic E-state index is 0.175. The van der Waals surface area contributed by atoms with Gasteiger partial charge in [0, 0.05) is 49.3 Å². The fraction of sp³-hybridized carbons (Fsp3) is 0.650. The third-order valence-electron chi connectivity index (χ3n) is 5.70. The topological polar surface area (TPSA) is 32.8 Å². The van der Waals surface area contributed by atoms with E-state index in [-0.39, 0.29) is 17.1 Å². The van der Waals surface area contributed by atoms with Crippen LogP contribution in [0.4, 0.5) is 4.39 Å². The van der Waals surface area contributed by atoms with Crippen molar-refractivity contribution in [1.82, 2.24) is 9.80 Å². The number of carbonyl (C=O) groups is 1. The minimum atomic E-state index is -0.175. The summed E-state index contributed by atoms with van der Waals surface area (Å²) in [5.74, 6) is 1.70. The average Bonchev–Trinajstić information content (AvgIpc) is 3.05. The van der Waals surface area contributed by atoms with Crippen LogP contribution in [0.15, 0.2) is 18.2 Å². The van der Waals surface area contributed by atoms with Gasteiger partial charge in [-0.1, -0.05) is 0 Å². The van der Waals surface area contributed by atoms with Gasteiger partial charge >= 0.3 is 0 Å². The van der Waals surface area contributed by atoms with Crippen molar-refractivity contribution in [3.8, 4) is 5.75 Å². The molecule has 2 heterocycles. The molecule has 26 heavy (non-hydrogen) atoms. The highest BCUT2D eigenvalue weighted by Gasteiger charge is 2.42. The summed E-state index contributed by atoms with van der Waals surface area (Å²) in [4.78, 5) is 16.7. The van der Waals surface area contributed by atoms with Gasteiger partial charge in [0.15, 0.2) is 0 Å². The summed E-state index contributed by atoms with van der Waals surface area (Å²) in [5, 5.41) is 0. The Labute approximate surface area is 160 Å². The fourth-order valence-electron chi connectivity index (χ4n) is 4.31. The van der Waals surface area contributed by atoms with Gasteiger partial charge in [-0.3, -0.25) is 9.69 Å². The van der Waals surface area contributed by atoms with Crippen molar-refractivity contribution in [2.45, 2.75) is 32.2 Å². The molecule has 1 amide bonds. The molecule has 0 radical (unpaired) electrons. The first-order valence-corrected chi connectivity index (χ1v) is 10.8. The van der Waals surface area contributed by atoms with E-state index in [0.717, 1.165) is 51.2 Å². The summed E-state index contributed by atoms with van der Waals surface area (Å²) in [7, 11) is 1.61. The monoisotopic (exact) mass is 380 g/mol. The van der Waals surface area contributed by atoms with Crippen LogP contribution in [-0.4, -0.2) is 61.0 Å². The molecular weight excluding hydrogens is 351 g/mol. The summed E-state index contributed by atoms with van der Waals surface area (Å²) >= 11 is 1.72. The van der Waals surface area contributed by atoms with Gasteiger partial charge in [-0.2, -0.15) is 11.8 Å². The van der Waals surface area contributed by atoms with Crippen molar-refractivity contribution in [2.24, 2.45) is 5.41 Å². The number of ether oxygens (including phenoxy) is 1. The number of benzene rings is 1. The second-order valence-corrected chi connectivity index (χ2v) is 8.57. The van der Waals surface area contributed by atoms with Gasteiger partial charge in [-0.15, -0.1) is 0 Å². The van der Waals surface area contributed by atoms with E-state index in [4.69, 9.17) is 4.74 Å². The van der Waals surface area contributed by atoms with Gasteiger partial charge in [0.25, 0.3) is 0 Å². The second kappa shape index (κ2) is 8.61. The molecule has 0 bridgehead atoms. The number of piperidine rings is 1. The highest BCUT2D eigenvalue weighted by atomic mass is 32.2. The van der Waals surface area contributed by atoms with Crippen molar-refractivity contribution in [1.29, 1.82) is 0 Å². The van der Waals surface area contributed by atoms with E-state index in [1.54, 1.807) is 31.0 Å². The van der Waals surface area contributed by atoms with E-state index in [2.05, 4.69) is 4.90 Å². The maximum atomic E-state index is 14.2. The predicted octanol–water partition coefficient (Wildman–Crippen LogP) is 3.40. The second-order valence-electron chi connectivity index (χ2n) is 7.58. The van der Waals surface area contributed by atoms with Gasteiger partial charge in [0.2, 0.25) is 5.91 Å². The van der Waals surface area contributed by atoms with E-state index in [0.29, 0.717) is 24.3 Å². The number of halogens is 1. The van der Waals surface area contributed by atoms with Crippen LogP contribution in [0.3, 0.4) is 0 Å². The summed E-state index contributed by atoms with van der Waals surface area (Å²) in [6.45, 7) is 4.26. The molecule has 1 aromatic rings. The van der Waals surface area contributed by atoms with Crippen LogP contribution >= 0.6 is 11.8 Å². The Bertz CT molecular complexity index is 642. The molecule has 0 aliphatic carbocycles. The zero-order valence-corrected chi connectivity index (χ0v) is 16.6. The third-order valence-corrected chi connectivity index (χ3v) is 6.31. The predicted molar refractivity (Wildman–Crippen MR) is 104 cm³/mol. The smallest absolute Gasteiger partial charge is 0.223 e. The standard InChI is InChI=1S/C20H29FN2O2S/c1-25-17-4-5-18(21)16(12-17)13-22-9-3-7-20(14-22)8-10-23(15-20)19(24)6-11-26-2/h4-5,12H,3,6-11,13-15H2,1-2H3. The first-order chi connectivity index (χ1) is 12.5. The number of amides is 1. The number of hydrogen-bond acceptors (Lipinski definition) is 4. The van der Waals surface area contributed by atoms with Crippen LogP contribution in [0.2, 0.25) is 0 Å². The third kappa shape index (κ3) is 4.52. The lowest BCUT2D eigenvalue weighted by Crippen LogP contribution is -2.45. The summed E-state index contributed by atoms with van der Waals surface area (Å²) in [6.07, 6.45) is 6.01. The first kappa shape index (κ1) is 19.5. The molecule has 0 saturated carbocycles. The summed E-state index contributed by atoms with van der Waals surface area (Å²) in [5.41, 5.74) is 0.870. The molecule has 2 saturated heterocycles. The average molecular weight is 381 g/mol. The molecule has 1 aromatic carbocycles. The largest absolute Gasteiger partial charge is 0.497 e. The molecule has 2 aliphatic heterocycles. The molecule has 6 heteroatoms. The van der Waals surface area contributed by atoms with Crippen LogP contribution < -0.4 is 4.74 Å². The Kier molecular flexibility index (Phi) is 6.46. The van der Waals surface area contributed by atoms with E-state index >= 15 is 0 Å². The first-order valence-electron chi connectivity index (χ1n) is 9.37.